The number of halogens is 1. The number of nitrogens with one attached hydrogen (secondary N) is 1. The summed E-state index contributed by atoms with van der Waals surface area (Å²) in [7, 11) is 0. The van der Waals surface area contributed by atoms with Crippen molar-refractivity contribution in [2.24, 2.45) is 0 Å². The number of aryl methyl sites for hydroxylation is 1. The van der Waals surface area contributed by atoms with Crippen LogP contribution in [-0.2, 0) is 0 Å². The van der Waals surface area contributed by atoms with Crippen LogP contribution in [0.1, 0.15) is 5.56 Å². The smallest absolute Gasteiger partial charge is 0.146 e. The lowest BCUT2D eigenvalue weighted by Crippen LogP contribution is -2.00. The Morgan fingerprint density at radius 1 is 1.58 bits per heavy atom. The molecule has 0 unspecified atom stereocenters. The second kappa shape index (κ2) is 3.77. The van der Waals surface area contributed by atoms with Gasteiger partial charge in [0.1, 0.15) is 5.82 Å². The molecule has 0 atom stereocenters. The van der Waals surface area contributed by atoms with Crippen LogP contribution in [0, 0.1) is 25.1 Å². The number of benzene rings is 1. The molecule has 1 aromatic carbocycles. The van der Waals surface area contributed by atoms with Gasteiger partial charge in [-0.3, -0.25) is 0 Å². The van der Waals surface area contributed by atoms with E-state index in [0.29, 0.717) is 12.2 Å². The standard InChI is InChI=1S/C10H10FN/c1-3-6-12-10-5-4-8(2)7-9(10)11/h1,4-5,7,12H,6H2,2H3. The Hall–Kier alpha value is -1.49. The lowest BCUT2D eigenvalue weighted by atomic mass is 10.2. The molecule has 0 heterocycles. The van der Waals surface area contributed by atoms with Crippen LogP contribution in [0.25, 0.3) is 0 Å². The van der Waals surface area contributed by atoms with Gasteiger partial charge in [0.15, 0.2) is 0 Å². The average molecular weight is 163 g/mol. The second-order valence-corrected chi connectivity index (χ2v) is 2.54. The first-order valence-electron chi connectivity index (χ1n) is 3.67. The van der Waals surface area contributed by atoms with Crippen molar-refractivity contribution in [3.8, 4) is 12.3 Å². The summed E-state index contributed by atoms with van der Waals surface area (Å²) in [5.41, 5.74) is 1.36. The van der Waals surface area contributed by atoms with E-state index in [4.69, 9.17) is 6.42 Å². The maximum Gasteiger partial charge on any atom is 0.146 e. The summed E-state index contributed by atoms with van der Waals surface area (Å²) in [5, 5.41) is 2.78. The highest BCUT2D eigenvalue weighted by Crippen LogP contribution is 2.14. The van der Waals surface area contributed by atoms with Gasteiger partial charge in [-0.05, 0) is 24.6 Å². The second-order valence-electron chi connectivity index (χ2n) is 2.54. The lowest BCUT2D eigenvalue weighted by Gasteiger charge is -2.03. The first-order valence-corrected chi connectivity index (χ1v) is 3.67. The summed E-state index contributed by atoms with van der Waals surface area (Å²) in [6, 6.07) is 4.99. The maximum atomic E-state index is 13.0. The van der Waals surface area contributed by atoms with Crippen molar-refractivity contribution in [2.75, 3.05) is 11.9 Å². The minimum atomic E-state index is -0.259. The molecule has 0 aliphatic carbocycles. The molecule has 0 aliphatic heterocycles. The van der Waals surface area contributed by atoms with Gasteiger partial charge in [-0.2, -0.15) is 0 Å². The van der Waals surface area contributed by atoms with Crippen molar-refractivity contribution < 1.29 is 4.39 Å². The Bertz CT molecular complexity index is 312. The zero-order valence-electron chi connectivity index (χ0n) is 6.89. The molecule has 0 amide bonds. The molecule has 0 saturated heterocycles. The third-order valence-corrected chi connectivity index (χ3v) is 1.51. The van der Waals surface area contributed by atoms with Gasteiger partial charge in [0, 0.05) is 0 Å². The van der Waals surface area contributed by atoms with E-state index in [2.05, 4.69) is 11.2 Å². The van der Waals surface area contributed by atoms with Crippen molar-refractivity contribution in [2.45, 2.75) is 6.92 Å². The van der Waals surface area contributed by atoms with Gasteiger partial charge in [0.2, 0.25) is 0 Å². The van der Waals surface area contributed by atoms with E-state index in [1.807, 2.05) is 13.0 Å². The van der Waals surface area contributed by atoms with Crippen molar-refractivity contribution in [3.05, 3.63) is 29.6 Å². The fraction of sp³-hybridized carbons (Fsp3) is 0.200. The topological polar surface area (TPSA) is 12.0 Å². The summed E-state index contributed by atoms with van der Waals surface area (Å²) < 4.78 is 13.0. The van der Waals surface area contributed by atoms with Crippen LogP contribution in [0.3, 0.4) is 0 Å². The summed E-state index contributed by atoms with van der Waals surface area (Å²) in [5.74, 6) is 2.12. The highest BCUT2D eigenvalue weighted by Gasteiger charge is 1.98. The van der Waals surface area contributed by atoms with Crippen LogP contribution < -0.4 is 5.32 Å². The molecule has 1 nitrogen and oxygen atoms in total. The van der Waals surface area contributed by atoms with E-state index >= 15 is 0 Å². The molecule has 1 rings (SSSR count). The molecule has 0 spiro atoms. The van der Waals surface area contributed by atoms with Crippen LogP contribution in [0.5, 0.6) is 0 Å². The molecule has 1 aromatic rings. The molecule has 0 fully saturated rings. The zero-order valence-corrected chi connectivity index (χ0v) is 6.89. The normalized spacial score (nSPS) is 9.08. The minimum absolute atomic E-state index is 0.259. The quantitative estimate of drug-likeness (QED) is 0.659. The largest absolute Gasteiger partial charge is 0.372 e. The van der Waals surface area contributed by atoms with Crippen molar-refractivity contribution >= 4 is 5.69 Å². The predicted molar refractivity (Wildman–Crippen MR) is 48.5 cm³/mol. The number of anilines is 1. The fourth-order valence-electron chi connectivity index (χ4n) is 0.910. The molecule has 62 valence electrons. The van der Waals surface area contributed by atoms with Crippen LogP contribution in [0.15, 0.2) is 18.2 Å². The van der Waals surface area contributed by atoms with Gasteiger partial charge < -0.3 is 5.32 Å². The van der Waals surface area contributed by atoms with Crippen molar-refractivity contribution in [1.29, 1.82) is 0 Å². The van der Waals surface area contributed by atoms with E-state index < -0.39 is 0 Å². The van der Waals surface area contributed by atoms with Crippen molar-refractivity contribution in [1.82, 2.24) is 0 Å². The number of terminal acetylenes is 1. The van der Waals surface area contributed by atoms with Gasteiger partial charge in [-0.15, -0.1) is 6.42 Å². The molecule has 12 heavy (non-hydrogen) atoms. The van der Waals surface area contributed by atoms with E-state index in [1.165, 1.54) is 6.07 Å². The van der Waals surface area contributed by atoms with Crippen molar-refractivity contribution in [3.63, 3.8) is 0 Å². The Morgan fingerprint density at radius 3 is 2.92 bits per heavy atom. The van der Waals surface area contributed by atoms with Gasteiger partial charge in [-0.25, -0.2) is 4.39 Å². The first kappa shape index (κ1) is 8.61. The molecular formula is C10H10FN. The summed E-state index contributed by atoms with van der Waals surface area (Å²) in [6.45, 7) is 2.19. The SMILES string of the molecule is C#CCNc1ccc(C)cc1F. The zero-order chi connectivity index (χ0) is 8.97. The number of hydrogen-bond donors (Lipinski definition) is 1. The average Bonchev–Trinajstić information content (AvgIpc) is 2.03. The highest BCUT2D eigenvalue weighted by molar-refractivity contribution is 5.46. The van der Waals surface area contributed by atoms with Gasteiger partial charge >= 0.3 is 0 Å². The summed E-state index contributed by atoms with van der Waals surface area (Å²) >= 11 is 0. The van der Waals surface area contributed by atoms with Gasteiger partial charge in [0.25, 0.3) is 0 Å². The summed E-state index contributed by atoms with van der Waals surface area (Å²) in [6.07, 6.45) is 5.02. The van der Waals surface area contributed by atoms with E-state index in [1.54, 1.807) is 6.07 Å². The Morgan fingerprint density at radius 2 is 2.33 bits per heavy atom. The highest BCUT2D eigenvalue weighted by atomic mass is 19.1. The molecule has 0 aromatic heterocycles. The van der Waals surface area contributed by atoms with Gasteiger partial charge in [-0.1, -0.05) is 12.0 Å². The molecular weight excluding hydrogens is 153 g/mol. The van der Waals surface area contributed by atoms with E-state index in [-0.39, 0.29) is 5.82 Å². The fourth-order valence-corrected chi connectivity index (χ4v) is 0.910. The predicted octanol–water partition coefficient (Wildman–Crippen LogP) is 2.18. The number of rotatable bonds is 2. The molecule has 0 saturated carbocycles. The minimum Gasteiger partial charge on any atom is -0.372 e. The summed E-state index contributed by atoms with van der Waals surface area (Å²) in [4.78, 5) is 0. The van der Waals surface area contributed by atoms with Crippen LogP contribution in [0.2, 0.25) is 0 Å². The maximum absolute atomic E-state index is 13.0. The third-order valence-electron chi connectivity index (χ3n) is 1.51. The van der Waals surface area contributed by atoms with Crippen LogP contribution >= 0.6 is 0 Å². The third kappa shape index (κ3) is 2.00. The van der Waals surface area contributed by atoms with Crippen LogP contribution in [-0.4, -0.2) is 6.54 Å². The Labute approximate surface area is 71.6 Å². The number of hydrogen-bond acceptors (Lipinski definition) is 1. The molecule has 2 heteroatoms. The van der Waals surface area contributed by atoms with Gasteiger partial charge in [0.05, 0.1) is 12.2 Å². The van der Waals surface area contributed by atoms with Crippen LogP contribution in [0.4, 0.5) is 10.1 Å². The Kier molecular flexibility index (Phi) is 2.71. The molecule has 0 aliphatic rings. The van der Waals surface area contributed by atoms with E-state index in [9.17, 15) is 4.39 Å². The molecule has 0 bridgehead atoms. The van der Waals surface area contributed by atoms with E-state index in [0.717, 1.165) is 5.56 Å². The lowest BCUT2D eigenvalue weighted by molar-refractivity contribution is 0.630. The first-order chi connectivity index (χ1) is 5.74. The molecule has 1 N–H and O–H groups in total. The monoisotopic (exact) mass is 163 g/mol. The Balaban J connectivity index is 2.81. The molecule has 0 radical (unpaired) electrons.